The Morgan fingerprint density at radius 3 is 2.79 bits per heavy atom. The summed E-state index contributed by atoms with van der Waals surface area (Å²) >= 11 is 0. The quantitative estimate of drug-likeness (QED) is 0.719. The SMILES string of the molecule is COC(=O)c1cccc(NC(=O)c2c(-c3ccco3)n[nH]c2C)c1. The highest BCUT2D eigenvalue weighted by Gasteiger charge is 2.21. The van der Waals surface area contributed by atoms with Gasteiger partial charge in [0.1, 0.15) is 5.69 Å². The molecule has 0 atom stereocenters. The first-order valence-electron chi connectivity index (χ1n) is 7.18. The standard InChI is InChI=1S/C17H15N3O4/c1-10-14(15(20-19-10)13-7-4-8-24-13)16(21)18-12-6-3-5-11(9-12)17(22)23-2/h3-9H,1-2H3,(H,18,21)(H,19,20). The number of nitrogens with zero attached hydrogens (tertiary/aromatic N) is 1. The van der Waals surface area contributed by atoms with Gasteiger partial charge >= 0.3 is 5.97 Å². The van der Waals surface area contributed by atoms with E-state index in [4.69, 9.17) is 4.42 Å². The number of H-pyrrole nitrogens is 1. The van der Waals surface area contributed by atoms with Gasteiger partial charge < -0.3 is 14.5 Å². The van der Waals surface area contributed by atoms with Gasteiger partial charge in [0.15, 0.2) is 5.76 Å². The highest BCUT2D eigenvalue weighted by atomic mass is 16.5. The number of aromatic nitrogens is 2. The van der Waals surface area contributed by atoms with Crippen molar-refractivity contribution in [2.24, 2.45) is 0 Å². The molecule has 0 aliphatic rings. The minimum absolute atomic E-state index is 0.352. The van der Waals surface area contributed by atoms with Crippen LogP contribution in [0.3, 0.4) is 0 Å². The lowest BCUT2D eigenvalue weighted by molar-refractivity contribution is 0.0600. The Morgan fingerprint density at radius 2 is 2.08 bits per heavy atom. The van der Waals surface area contributed by atoms with E-state index in [-0.39, 0.29) is 5.91 Å². The number of ether oxygens (including phenoxy) is 1. The number of rotatable bonds is 4. The van der Waals surface area contributed by atoms with Crippen molar-refractivity contribution < 1.29 is 18.7 Å². The number of esters is 1. The third-order valence-electron chi connectivity index (χ3n) is 3.47. The van der Waals surface area contributed by atoms with E-state index in [0.717, 1.165) is 0 Å². The molecule has 1 aromatic carbocycles. The zero-order valence-electron chi connectivity index (χ0n) is 13.1. The van der Waals surface area contributed by atoms with Crippen molar-refractivity contribution in [3.05, 3.63) is 59.5 Å². The first-order chi connectivity index (χ1) is 11.6. The molecule has 0 unspecified atom stereocenters. The number of carbonyl (C=O) groups excluding carboxylic acids is 2. The van der Waals surface area contributed by atoms with Gasteiger partial charge in [0.2, 0.25) is 0 Å². The fourth-order valence-electron chi connectivity index (χ4n) is 2.33. The van der Waals surface area contributed by atoms with Crippen LogP contribution in [0.4, 0.5) is 5.69 Å². The summed E-state index contributed by atoms with van der Waals surface area (Å²) in [4.78, 5) is 24.2. The van der Waals surface area contributed by atoms with Gasteiger partial charge in [-0.15, -0.1) is 0 Å². The summed E-state index contributed by atoms with van der Waals surface area (Å²) in [5.74, 6) is -0.329. The van der Waals surface area contributed by atoms with Crippen molar-refractivity contribution >= 4 is 17.6 Å². The Kier molecular flexibility index (Phi) is 4.15. The van der Waals surface area contributed by atoms with Crippen molar-refractivity contribution in [2.75, 3.05) is 12.4 Å². The Balaban J connectivity index is 1.89. The van der Waals surface area contributed by atoms with Gasteiger partial charge in [-0.05, 0) is 37.3 Å². The second-order valence-electron chi connectivity index (χ2n) is 5.08. The third-order valence-corrected chi connectivity index (χ3v) is 3.47. The molecule has 2 aromatic heterocycles. The maximum atomic E-state index is 12.6. The van der Waals surface area contributed by atoms with Crippen molar-refractivity contribution in [3.63, 3.8) is 0 Å². The van der Waals surface area contributed by atoms with E-state index in [2.05, 4.69) is 20.3 Å². The summed E-state index contributed by atoms with van der Waals surface area (Å²) in [7, 11) is 1.30. The van der Waals surface area contributed by atoms with E-state index in [0.29, 0.717) is 34.0 Å². The monoisotopic (exact) mass is 325 g/mol. The molecule has 0 spiro atoms. The average Bonchev–Trinajstić information content (AvgIpc) is 3.23. The van der Waals surface area contributed by atoms with Gasteiger partial charge in [-0.2, -0.15) is 5.10 Å². The number of nitrogens with one attached hydrogen (secondary N) is 2. The Labute approximate surface area is 137 Å². The number of furan rings is 1. The number of methoxy groups -OCH3 is 1. The maximum Gasteiger partial charge on any atom is 0.337 e. The largest absolute Gasteiger partial charge is 0.465 e. The van der Waals surface area contributed by atoms with Crippen LogP contribution in [0.2, 0.25) is 0 Å². The molecular weight excluding hydrogens is 310 g/mol. The van der Waals surface area contributed by atoms with Gasteiger partial charge in [-0.1, -0.05) is 6.07 Å². The molecule has 3 rings (SSSR count). The number of hydrogen-bond acceptors (Lipinski definition) is 5. The lowest BCUT2D eigenvalue weighted by Crippen LogP contribution is -2.14. The topological polar surface area (TPSA) is 97.2 Å². The second kappa shape index (κ2) is 6.41. The molecular formula is C17H15N3O4. The number of aromatic amines is 1. The fourth-order valence-corrected chi connectivity index (χ4v) is 2.33. The summed E-state index contributed by atoms with van der Waals surface area (Å²) < 4.78 is 9.99. The highest BCUT2D eigenvalue weighted by molar-refractivity contribution is 6.09. The molecule has 122 valence electrons. The number of hydrogen-bond donors (Lipinski definition) is 2. The molecule has 2 N–H and O–H groups in total. The summed E-state index contributed by atoms with van der Waals surface area (Å²) in [6.07, 6.45) is 1.51. The summed E-state index contributed by atoms with van der Waals surface area (Å²) in [5, 5.41) is 9.67. The third kappa shape index (κ3) is 2.91. The molecule has 0 saturated heterocycles. The summed E-state index contributed by atoms with van der Waals surface area (Å²) in [5.41, 5.74) is 2.26. The van der Waals surface area contributed by atoms with E-state index in [1.165, 1.54) is 13.4 Å². The average molecular weight is 325 g/mol. The van der Waals surface area contributed by atoms with Crippen LogP contribution in [-0.4, -0.2) is 29.2 Å². The van der Waals surface area contributed by atoms with Crippen molar-refractivity contribution in [1.82, 2.24) is 10.2 Å². The number of aryl methyl sites for hydroxylation is 1. The molecule has 0 fully saturated rings. The lowest BCUT2D eigenvalue weighted by Gasteiger charge is -2.07. The molecule has 2 heterocycles. The molecule has 0 radical (unpaired) electrons. The zero-order valence-corrected chi connectivity index (χ0v) is 13.1. The smallest absolute Gasteiger partial charge is 0.337 e. The van der Waals surface area contributed by atoms with E-state index in [1.54, 1.807) is 43.3 Å². The van der Waals surface area contributed by atoms with Crippen LogP contribution in [0.15, 0.2) is 47.1 Å². The van der Waals surface area contributed by atoms with Crippen molar-refractivity contribution in [2.45, 2.75) is 6.92 Å². The first kappa shape index (κ1) is 15.5. The molecule has 24 heavy (non-hydrogen) atoms. The molecule has 0 bridgehead atoms. The van der Waals surface area contributed by atoms with E-state index < -0.39 is 5.97 Å². The van der Waals surface area contributed by atoms with Crippen LogP contribution in [0.25, 0.3) is 11.5 Å². The number of anilines is 1. The van der Waals surface area contributed by atoms with Crippen molar-refractivity contribution in [1.29, 1.82) is 0 Å². The molecule has 1 amide bonds. The zero-order chi connectivity index (χ0) is 17.1. The number of benzene rings is 1. The first-order valence-corrected chi connectivity index (χ1v) is 7.18. The second-order valence-corrected chi connectivity index (χ2v) is 5.08. The number of amides is 1. The molecule has 3 aromatic rings. The van der Waals surface area contributed by atoms with Crippen LogP contribution in [0, 0.1) is 6.92 Å². The molecule has 0 saturated carbocycles. The minimum Gasteiger partial charge on any atom is -0.465 e. The molecule has 0 aliphatic carbocycles. The van der Waals surface area contributed by atoms with E-state index in [9.17, 15) is 9.59 Å². The molecule has 7 nitrogen and oxygen atoms in total. The van der Waals surface area contributed by atoms with Crippen LogP contribution >= 0.6 is 0 Å². The summed E-state index contributed by atoms with van der Waals surface area (Å²) in [6, 6.07) is 9.96. The highest BCUT2D eigenvalue weighted by Crippen LogP contribution is 2.25. The fraction of sp³-hybridized carbons (Fsp3) is 0.118. The van der Waals surface area contributed by atoms with Crippen LogP contribution in [0.1, 0.15) is 26.4 Å². The normalized spacial score (nSPS) is 10.4. The summed E-state index contributed by atoms with van der Waals surface area (Å²) in [6.45, 7) is 1.75. The van der Waals surface area contributed by atoms with Crippen LogP contribution < -0.4 is 5.32 Å². The van der Waals surface area contributed by atoms with Gasteiger partial charge in [0, 0.05) is 11.4 Å². The van der Waals surface area contributed by atoms with Crippen molar-refractivity contribution in [3.8, 4) is 11.5 Å². The predicted octanol–water partition coefficient (Wildman–Crippen LogP) is 3.02. The van der Waals surface area contributed by atoms with E-state index in [1.807, 2.05) is 0 Å². The van der Waals surface area contributed by atoms with Gasteiger partial charge in [0.05, 0.1) is 24.5 Å². The Bertz CT molecular complexity index is 881. The van der Waals surface area contributed by atoms with Gasteiger partial charge in [0.25, 0.3) is 5.91 Å². The van der Waals surface area contributed by atoms with E-state index >= 15 is 0 Å². The Hall–Kier alpha value is -3.35. The van der Waals surface area contributed by atoms with Gasteiger partial charge in [-0.25, -0.2) is 4.79 Å². The minimum atomic E-state index is -0.470. The number of carbonyl (C=O) groups is 2. The van der Waals surface area contributed by atoms with Crippen LogP contribution in [-0.2, 0) is 4.74 Å². The maximum absolute atomic E-state index is 12.6. The lowest BCUT2D eigenvalue weighted by atomic mass is 10.1. The Morgan fingerprint density at radius 1 is 1.25 bits per heavy atom. The van der Waals surface area contributed by atoms with Crippen LogP contribution in [0.5, 0.6) is 0 Å². The van der Waals surface area contributed by atoms with Gasteiger partial charge in [-0.3, -0.25) is 9.89 Å². The molecule has 7 heteroatoms. The molecule has 0 aliphatic heterocycles. The predicted molar refractivity (Wildman–Crippen MR) is 86.8 cm³/mol.